The monoisotopic (exact) mass is 1100 g/mol. The molecule has 12 atom stereocenters. The molecule has 6 unspecified atom stereocenters. The van der Waals surface area contributed by atoms with Crippen molar-refractivity contribution < 1.29 is 130 Å². The summed E-state index contributed by atoms with van der Waals surface area (Å²) < 4.78 is 157. The Hall–Kier alpha value is -1.88. The molecular formula is C22H27F4N5O24P6S3. The second-order valence-electron chi connectivity index (χ2n) is 11.9. The van der Waals surface area contributed by atoms with Crippen LogP contribution in [0.1, 0.15) is 12.5 Å². The zero-order valence-corrected chi connectivity index (χ0v) is 38.0. The quantitative estimate of drug-likeness (QED) is 0.0492. The maximum Gasteiger partial charge on any atom is 0.490 e. The number of aromatic amines is 1. The summed E-state index contributed by atoms with van der Waals surface area (Å²) >= 11 is 14.4. The first kappa shape index (κ1) is 56.4. The molecule has 2 aromatic heterocycles. The number of aliphatic hydroxyl groups is 2. The van der Waals surface area contributed by atoms with E-state index in [1.165, 1.54) is 0 Å². The average Bonchev–Trinajstić information content (AvgIpc) is 3.51. The van der Waals surface area contributed by atoms with Gasteiger partial charge in [0.15, 0.2) is 47.0 Å². The van der Waals surface area contributed by atoms with Crippen molar-refractivity contribution >= 4 is 89.4 Å². The molecule has 2 fully saturated rings. The molecule has 0 amide bonds. The molecule has 2 aliphatic heterocycles. The normalized spacial score (nSPS) is 29.8. The minimum absolute atomic E-state index is 0.337. The largest absolute Gasteiger partial charge is 0.490 e. The van der Waals surface area contributed by atoms with Crippen molar-refractivity contribution in [3.05, 3.63) is 38.2 Å². The summed E-state index contributed by atoms with van der Waals surface area (Å²) in [7, 11) is -34.1. The van der Waals surface area contributed by atoms with Crippen LogP contribution in [0, 0.1) is 50.5 Å². The Morgan fingerprint density at radius 3 is 1.47 bits per heavy atom. The third kappa shape index (κ3) is 14.6. The summed E-state index contributed by atoms with van der Waals surface area (Å²) in [4.78, 5) is 76.6. The van der Waals surface area contributed by atoms with Gasteiger partial charge in [-0.2, -0.15) is 22.2 Å². The second kappa shape index (κ2) is 20.4. The van der Waals surface area contributed by atoms with Crippen LogP contribution < -0.4 is 5.73 Å². The number of terminal acetylenes is 2. The molecule has 4 heterocycles. The minimum atomic E-state index is -5.82. The molecule has 64 heavy (non-hydrogen) atoms. The maximum absolute atomic E-state index is 14.8. The Morgan fingerprint density at radius 2 is 1.09 bits per heavy atom. The van der Waals surface area contributed by atoms with Crippen molar-refractivity contribution in [3.8, 4) is 24.7 Å². The number of nitrogens with zero attached hydrogens (tertiary/aromatic N) is 3. The predicted octanol–water partition coefficient (Wildman–Crippen LogP) is 1.63. The fraction of sp³-hybridized carbons (Fsp3) is 0.455. The van der Waals surface area contributed by atoms with Crippen molar-refractivity contribution in [2.24, 2.45) is 0 Å². The van der Waals surface area contributed by atoms with Crippen LogP contribution in [-0.2, 0) is 63.2 Å². The number of nitrogens with two attached hydrogens (primary N) is 1. The van der Waals surface area contributed by atoms with Gasteiger partial charge in [0.05, 0.1) is 13.2 Å². The van der Waals surface area contributed by atoms with Gasteiger partial charge in [-0.05, 0) is 24.4 Å². The smallest absolute Gasteiger partial charge is 0.381 e. The summed E-state index contributed by atoms with van der Waals surface area (Å²) in [6, 6.07) is 0. The van der Waals surface area contributed by atoms with Gasteiger partial charge in [-0.1, -0.05) is 24.1 Å². The highest BCUT2D eigenvalue weighted by Gasteiger charge is 2.59. The molecule has 2 aliphatic rings. The zero-order valence-electron chi connectivity index (χ0n) is 30.2. The van der Waals surface area contributed by atoms with E-state index < -0.39 is 135 Å². The van der Waals surface area contributed by atoms with E-state index in [2.05, 4.69) is 48.5 Å². The van der Waals surface area contributed by atoms with Crippen LogP contribution in [0.5, 0.6) is 0 Å². The Labute approximate surface area is 367 Å². The van der Waals surface area contributed by atoms with E-state index in [0.29, 0.717) is 21.5 Å². The Balaban J connectivity index is 0.000000340. The Bertz CT molecular complexity index is 2690. The standard InChI is InChI=1S/C11H14F2N3O12P3S.C11H13F2N2O12P3S2/c1-2-11(17)7(13)6(26-9(11)16-3-5(12)8(14)15-10(16)32)4-25-30(21,22)28-31(23,24)27-29(18,19)20;1-2-11(16)7(13)6(25-9(11)15-3-5(12)8(31)14-10(15)32)4-24-29(20,21)27-30(22,23)26-28(17,18)19/h1,3,6-7,9,17H,4H2,(H,21,22)(H,23,24)(H2,14,15,32)(H2,18,19,20);1,3,6-7,9,16H,4H2,(H,20,21)(H,22,23)(H,14,31,32)(H2,17,18,19)/t2*6-,7+,9-,11?/m11/s1. The molecule has 2 saturated heterocycles. The molecule has 0 aromatic carbocycles. The van der Waals surface area contributed by atoms with Gasteiger partial charge in [-0.25, -0.2) is 45.0 Å². The van der Waals surface area contributed by atoms with E-state index in [1.807, 2.05) is 0 Å². The van der Waals surface area contributed by atoms with E-state index in [0.717, 1.165) is 0 Å². The molecule has 0 bridgehead atoms. The first-order valence-corrected chi connectivity index (χ1v) is 25.7. The molecule has 29 nitrogen and oxygen atoms in total. The fourth-order valence-corrected chi connectivity index (χ4v) is 11.6. The van der Waals surface area contributed by atoms with Crippen LogP contribution in [0.25, 0.3) is 0 Å². The van der Waals surface area contributed by atoms with Gasteiger partial charge in [0.1, 0.15) is 16.8 Å². The lowest BCUT2D eigenvalue weighted by molar-refractivity contribution is -0.0739. The van der Waals surface area contributed by atoms with Crippen molar-refractivity contribution in [2.75, 3.05) is 18.9 Å². The van der Waals surface area contributed by atoms with Crippen LogP contribution >= 0.6 is 83.6 Å². The highest BCUT2D eigenvalue weighted by molar-refractivity contribution is 7.72. The molecule has 13 N–H and O–H groups in total. The number of aromatic nitrogens is 4. The van der Waals surface area contributed by atoms with Gasteiger partial charge in [0.2, 0.25) is 16.0 Å². The first-order valence-electron chi connectivity index (χ1n) is 15.4. The summed E-state index contributed by atoms with van der Waals surface area (Å²) in [6.45, 7) is -2.53. The van der Waals surface area contributed by atoms with Crippen LogP contribution in [0.3, 0.4) is 0 Å². The number of phosphoric ester groups is 2. The highest BCUT2D eigenvalue weighted by Crippen LogP contribution is 2.67. The predicted molar refractivity (Wildman–Crippen MR) is 203 cm³/mol. The number of hydrogen-bond acceptors (Lipinski definition) is 21. The molecule has 2 aromatic rings. The van der Waals surface area contributed by atoms with E-state index in [-0.39, 0.29) is 4.77 Å². The van der Waals surface area contributed by atoms with Crippen LogP contribution in [0.4, 0.5) is 23.4 Å². The fourth-order valence-electron chi connectivity index (χ4n) is 4.82. The van der Waals surface area contributed by atoms with Crippen molar-refractivity contribution in [1.29, 1.82) is 0 Å². The Morgan fingerprint density at radius 1 is 0.719 bits per heavy atom. The van der Waals surface area contributed by atoms with Crippen molar-refractivity contribution in [1.82, 2.24) is 19.1 Å². The van der Waals surface area contributed by atoms with Crippen molar-refractivity contribution in [2.45, 2.75) is 48.2 Å². The van der Waals surface area contributed by atoms with E-state index in [9.17, 15) is 65.0 Å². The van der Waals surface area contributed by atoms with E-state index >= 15 is 0 Å². The number of rotatable bonds is 16. The lowest BCUT2D eigenvalue weighted by Gasteiger charge is -2.26. The summed E-state index contributed by atoms with van der Waals surface area (Å²) in [5.74, 6) is 0.611. The topological polar surface area (TPSA) is 443 Å². The number of nitrogens with one attached hydrogen (secondary N) is 1. The van der Waals surface area contributed by atoms with Gasteiger partial charge < -0.3 is 69.6 Å². The molecule has 0 aliphatic carbocycles. The molecule has 360 valence electrons. The lowest BCUT2D eigenvalue weighted by Crippen LogP contribution is -2.43. The number of H-pyrrole nitrogens is 1. The number of phosphoric acid groups is 6. The van der Waals surface area contributed by atoms with Crippen LogP contribution in [0.2, 0.25) is 0 Å². The number of ether oxygens (including phenoxy) is 2. The van der Waals surface area contributed by atoms with E-state index in [1.54, 1.807) is 11.8 Å². The number of hydrogen-bond donors (Lipinski definition) is 12. The van der Waals surface area contributed by atoms with Gasteiger partial charge in [0.25, 0.3) is 0 Å². The number of alkyl halides is 2. The molecule has 42 heteroatoms. The lowest BCUT2D eigenvalue weighted by atomic mass is 9.96. The third-order valence-electron chi connectivity index (χ3n) is 7.32. The number of nitrogen functional groups attached to an aromatic ring is 1. The van der Waals surface area contributed by atoms with Gasteiger partial charge in [-0.3, -0.25) is 18.2 Å². The molecule has 0 spiro atoms. The average molecular weight is 1100 g/mol. The minimum Gasteiger partial charge on any atom is -0.381 e. The number of anilines is 1. The summed E-state index contributed by atoms with van der Waals surface area (Å²) in [5, 5.41) is 21.0. The van der Waals surface area contributed by atoms with Gasteiger partial charge in [-0.15, -0.1) is 12.8 Å². The van der Waals surface area contributed by atoms with Gasteiger partial charge in [0, 0.05) is 12.4 Å². The van der Waals surface area contributed by atoms with E-state index in [4.69, 9.17) is 81.9 Å². The third-order valence-corrected chi connectivity index (χ3v) is 15.8. The summed E-state index contributed by atoms with van der Waals surface area (Å²) in [6.07, 6.45) is -1.24. The first-order chi connectivity index (χ1) is 28.8. The zero-order chi connectivity index (χ0) is 49.4. The van der Waals surface area contributed by atoms with Crippen LogP contribution in [0.15, 0.2) is 12.4 Å². The second-order valence-corrected chi connectivity index (χ2v) is 21.9. The Kier molecular flexibility index (Phi) is 18.0. The van der Waals surface area contributed by atoms with Crippen LogP contribution in [-0.4, -0.2) is 117 Å². The SMILES string of the molecule is C#CC1(O)[C@@H](F)[C@@H](COP(=O)(O)OP(=O)(O)OP(=O)(O)O)O[C@H]1n1cc(F)c(=S)[nH]c1=S.C#CC1(O)[C@@H](F)[C@@H](COP(=O)(O)OP(=O)(O)OP(=O)(O)O)O[C@H]1n1cc(F)c(N)nc1=S. The highest BCUT2D eigenvalue weighted by atomic mass is 32.1. The molecule has 4 rings (SSSR count). The summed E-state index contributed by atoms with van der Waals surface area (Å²) in [5.41, 5.74) is -0.379. The maximum atomic E-state index is 14.8. The molecule has 0 saturated carbocycles. The molecule has 0 radical (unpaired) electrons. The van der Waals surface area contributed by atoms with Gasteiger partial charge >= 0.3 is 46.9 Å². The number of halogens is 4. The molecular weight excluding hydrogens is 1080 g/mol. The van der Waals surface area contributed by atoms with Crippen molar-refractivity contribution in [3.63, 3.8) is 0 Å².